The van der Waals surface area contributed by atoms with Crippen molar-refractivity contribution < 1.29 is 18.4 Å². The van der Waals surface area contributed by atoms with Crippen LogP contribution in [0.1, 0.15) is 17.3 Å². The summed E-state index contributed by atoms with van der Waals surface area (Å²) in [5.74, 6) is -1.50. The molecule has 0 fully saturated rings. The number of imide groups is 1. The molecule has 0 atom stereocenters. The van der Waals surface area contributed by atoms with Gasteiger partial charge in [-0.15, -0.1) is 0 Å². The lowest BCUT2D eigenvalue weighted by molar-refractivity contribution is -0.118. The van der Waals surface area contributed by atoms with Gasteiger partial charge in [-0.1, -0.05) is 30.3 Å². The first-order chi connectivity index (χ1) is 13.5. The molecule has 0 radical (unpaired) electrons. The molecule has 6 heteroatoms. The molecule has 0 aliphatic heterocycles. The first kappa shape index (κ1) is 17.6. The molecule has 0 saturated carbocycles. The highest BCUT2D eigenvalue weighted by atomic mass is 19.1. The maximum absolute atomic E-state index is 13.2. The van der Waals surface area contributed by atoms with E-state index < -0.39 is 17.6 Å². The highest BCUT2D eigenvalue weighted by Crippen LogP contribution is 2.25. The smallest absolute Gasteiger partial charge is 0.263 e. The van der Waals surface area contributed by atoms with Crippen molar-refractivity contribution in [2.45, 2.75) is 6.92 Å². The van der Waals surface area contributed by atoms with Crippen LogP contribution in [0.15, 0.2) is 76.1 Å². The predicted molar refractivity (Wildman–Crippen MR) is 103 cm³/mol. The third-order valence-corrected chi connectivity index (χ3v) is 4.25. The Hall–Kier alpha value is -3.80. The van der Waals surface area contributed by atoms with E-state index in [1.807, 2.05) is 30.3 Å². The molecule has 5 nitrogen and oxygen atoms in total. The Balaban J connectivity index is 2.01. The van der Waals surface area contributed by atoms with Crippen LogP contribution in [0, 0.1) is 5.82 Å². The van der Waals surface area contributed by atoms with Crippen molar-refractivity contribution in [3.05, 3.63) is 83.7 Å². The van der Waals surface area contributed by atoms with Gasteiger partial charge in [-0.3, -0.25) is 14.9 Å². The highest BCUT2D eigenvalue weighted by Gasteiger charge is 2.15. The minimum atomic E-state index is -0.619. The third-order valence-electron chi connectivity index (χ3n) is 4.25. The second kappa shape index (κ2) is 7.08. The number of carbonyl (C=O) groups excluding carboxylic acids is 2. The van der Waals surface area contributed by atoms with Crippen LogP contribution in [0.3, 0.4) is 0 Å². The molecule has 138 valence electrons. The Kier molecular flexibility index (Phi) is 4.45. The molecular weight excluding hydrogens is 359 g/mol. The average Bonchev–Trinajstić information content (AvgIpc) is 2.68. The average molecular weight is 374 g/mol. The molecule has 1 N–H and O–H groups in total. The van der Waals surface area contributed by atoms with E-state index in [2.05, 4.69) is 10.3 Å². The minimum Gasteiger partial charge on any atom is -0.438 e. The van der Waals surface area contributed by atoms with Crippen LogP contribution in [0.2, 0.25) is 0 Å². The lowest BCUT2D eigenvalue weighted by atomic mass is 10.0. The van der Waals surface area contributed by atoms with Gasteiger partial charge in [-0.2, -0.15) is 0 Å². The van der Waals surface area contributed by atoms with Crippen molar-refractivity contribution in [2.75, 3.05) is 0 Å². The van der Waals surface area contributed by atoms with Crippen molar-refractivity contribution >= 4 is 39.2 Å². The van der Waals surface area contributed by atoms with E-state index in [0.717, 1.165) is 16.2 Å². The van der Waals surface area contributed by atoms with Crippen LogP contribution in [-0.2, 0) is 4.79 Å². The number of fused-ring (bicyclic) bond motifs is 3. The number of benzene rings is 3. The van der Waals surface area contributed by atoms with Gasteiger partial charge >= 0.3 is 0 Å². The molecule has 0 saturated heterocycles. The van der Waals surface area contributed by atoms with Crippen LogP contribution in [0.25, 0.3) is 21.7 Å². The summed E-state index contributed by atoms with van der Waals surface area (Å²) in [6.45, 7) is 1.25. The quantitative estimate of drug-likeness (QED) is 0.534. The second-order valence-electron chi connectivity index (χ2n) is 6.26. The Morgan fingerprint density at radius 1 is 0.964 bits per heavy atom. The highest BCUT2D eigenvalue weighted by molar-refractivity contribution is 6.09. The van der Waals surface area contributed by atoms with E-state index in [9.17, 15) is 14.0 Å². The predicted octanol–water partition coefficient (Wildman–Crippen LogP) is 4.23. The van der Waals surface area contributed by atoms with Gasteiger partial charge in [-0.05, 0) is 47.2 Å². The second-order valence-corrected chi connectivity index (χ2v) is 6.26. The van der Waals surface area contributed by atoms with E-state index in [4.69, 9.17) is 4.42 Å². The van der Waals surface area contributed by atoms with E-state index in [1.165, 1.54) is 31.2 Å². The normalized spacial score (nSPS) is 11.7. The third kappa shape index (κ3) is 3.40. The molecule has 0 spiro atoms. The topological polar surface area (TPSA) is 71.7 Å². The fourth-order valence-electron chi connectivity index (χ4n) is 2.98. The molecule has 1 aromatic heterocycles. The van der Waals surface area contributed by atoms with Crippen molar-refractivity contribution in [3.63, 3.8) is 0 Å². The van der Waals surface area contributed by atoms with Crippen LogP contribution in [0.4, 0.5) is 10.1 Å². The summed E-state index contributed by atoms with van der Waals surface area (Å²) in [4.78, 5) is 28.3. The zero-order chi connectivity index (χ0) is 19.7. The van der Waals surface area contributed by atoms with E-state index in [1.54, 1.807) is 12.1 Å². The van der Waals surface area contributed by atoms with Crippen LogP contribution < -0.4 is 10.9 Å². The first-order valence-electron chi connectivity index (χ1n) is 8.59. The van der Waals surface area contributed by atoms with E-state index in [0.29, 0.717) is 11.3 Å². The number of rotatable bonds is 2. The van der Waals surface area contributed by atoms with Crippen LogP contribution in [-0.4, -0.2) is 11.8 Å². The summed E-state index contributed by atoms with van der Waals surface area (Å²) in [6.07, 6.45) is 0. The van der Waals surface area contributed by atoms with Gasteiger partial charge in [0.15, 0.2) is 0 Å². The number of halogens is 1. The molecule has 0 bridgehead atoms. The number of hydrogen-bond acceptors (Lipinski definition) is 4. The van der Waals surface area contributed by atoms with Gasteiger partial charge < -0.3 is 4.42 Å². The maximum Gasteiger partial charge on any atom is 0.263 e. The molecule has 3 aromatic carbocycles. The Labute approximate surface area is 159 Å². The van der Waals surface area contributed by atoms with Gasteiger partial charge in [0, 0.05) is 12.3 Å². The number of nitrogens with one attached hydrogen (secondary N) is 1. The Morgan fingerprint density at radius 2 is 1.71 bits per heavy atom. The molecule has 1 heterocycles. The zero-order valence-corrected chi connectivity index (χ0v) is 14.9. The molecule has 4 rings (SSSR count). The van der Waals surface area contributed by atoms with Crippen molar-refractivity contribution in [2.24, 2.45) is 4.99 Å². The van der Waals surface area contributed by atoms with E-state index in [-0.39, 0.29) is 11.1 Å². The first-order valence-corrected chi connectivity index (χ1v) is 8.59. The Morgan fingerprint density at radius 3 is 2.46 bits per heavy atom. The lowest BCUT2D eigenvalue weighted by Crippen LogP contribution is -2.32. The molecular formula is C22H15FN2O3. The van der Waals surface area contributed by atoms with Crippen molar-refractivity contribution in [1.82, 2.24) is 5.32 Å². The summed E-state index contributed by atoms with van der Waals surface area (Å²) in [5.41, 5.74) is 1.11. The van der Waals surface area contributed by atoms with Crippen LogP contribution >= 0.6 is 0 Å². The summed E-state index contributed by atoms with van der Waals surface area (Å²) in [7, 11) is 0. The molecule has 4 aromatic rings. The van der Waals surface area contributed by atoms with Crippen molar-refractivity contribution in [1.29, 1.82) is 0 Å². The molecule has 0 aliphatic carbocycles. The van der Waals surface area contributed by atoms with Gasteiger partial charge in [-0.25, -0.2) is 9.38 Å². The number of nitrogens with zero attached hydrogens (tertiary/aromatic N) is 1. The van der Waals surface area contributed by atoms with Crippen LogP contribution in [0.5, 0.6) is 0 Å². The maximum atomic E-state index is 13.2. The number of hydrogen-bond donors (Lipinski definition) is 1. The van der Waals surface area contributed by atoms with Gasteiger partial charge in [0.2, 0.25) is 11.5 Å². The van der Waals surface area contributed by atoms with Crippen molar-refractivity contribution in [3.8, 4) is 0 Å². The monoisotopic (exact) mass is 374 g/mol. The minimum absolute atomic E-state index is 0.0353. The molecule has 0 aliphatic rings. The largest absolute Gasteiger partial charge is 0.438 e. The molecule has 28 heavy (non-hydrogen) atoms. The lowest BCUT2D eigenvalue weighted by Gasteiger charge is -2.07. The molecule has 2 amide bonds. The van der Waals surface area contributed by atoms with E-state index >= 15 is 0 Å². The summed E-state index contributed by atoms with van der Waals surface area (Å²) in [6, 6.07) is 18.6. The summed E-state index contributed by atoms with van der Waals surface area (Å²) in [5, 5.41) is 4.88. The molecule has 0 unspecified atom stereocenters. The summed E-state index contributed by atoms with van der Waals surface area (Å²) >= 11 is 0. The number of carbonyl (C=O) groups is 2. The van der Waals surface area contributed by atoms with Gasteiger partial charge in [0.1, 0.15) is 17.0 Å². The number of amides is 2. The standard InChI is InChI=1S/C22H15FN2O3/c1-13(26)24-21(27)19-12-18-17-5-3-2-4-14(17)6-11-20(18)28-22(19)25-16-9-7-15(23)8-10-16/h2-12H,1H3,(H,24,26,27). The fourth-order valence-corrected chi connectivity index (χ4v) is 2.98. The Bertz CT molecular complexity index is 1290. The fraction of sp³-hybridized carbons (Fsp3) is 0.0455. The van der Waals surface area contributed by atoms with Gasteiger partial charge in [0.05, 0.1) is 5.69 Å². The SMILES string of the molecule is CC(=O)NC(=O)c1cc2c(ccc3ccccc32)oc1=Nc1ccc(F)cc1. The zero-order valence-electron chi connectivity index (χ0n) is 14.9. The summed E-state index contributed by atoms with van der Waals surface area (Å²) < 4.78 is 19.1. The van der Waals surface area contributed by atoms with Gasteiger partial charge in [0.25, 0.3) is 5.91 Å².